The van der Waals surface area contributed by atoms with Gasteiger partial charge in [-0.25, -0.2) is 0 Å². The Hall–Kier alpha value is -1.84. The molecule has 18 heavy (non-hydrogen) atoms. The zero-order valence-corrected chi connectivity index (χ0v) is 9.45. The van der Waals surface area contributed by atoms with Gasteiger partial charge < -0.3 is 22.1 Å². The molecule has 3 amide bonds. The molecule has 1 unspecified atom stereocenters. The van der Waals surface area contributed by atoms with Crippen molar-refractivity contribution in [1.82, 2.24) is 4.90 Å². The Labute approximate surface area is 100 Å². The molecule has 0 bridgehead atoms. The van der Waals surface area contributed by atoms with Crippen molar-refractivity contribution in [1.29, 1.82) is 0 Å². The second-order valence-corrected chi connectivity index (χ2v) is 3.79. The smallest absolute Gasteiger partial charge is 0.368 e. The molecule has 6 N–H and O–H groups in total. The maximum atomic E-state index is 12.5. The molecule has 104 valence electrons. The van der Waals surface area contributed by atoms with Crippen molar-refractivity contribution >= 4 is 17.7 Å². The van der Waals surface area contributed by atoms with E-state index in [0.717, 1.165) is 0 Å². The molecular formula is C8H13F3N4O3. The summed E-state index contributed by atoms with van der Waals surface area (Å²) in [5.41, 5.74) is 11.1. The third-order valence-electron chi connectivity index (χ3n) is 2.01. The molecule has 1 atom stereocenters. The van der Waals surface area contributed by atoms with Gasteiger partial charge in [-0.15, -0.1) is 0 Å². The minimum Gasteiger partial charge on any atom is -0.368 e. The van der Waals surface area contributed by atoms with Gasteiger partial charge in [-0.2, -0.15) is 13.2 Å². The summed E-state index contributed by atoms with van der Waals surface area (Å²) in [5, 5.41) is 0. The number of hydrogen-bond donors (Lipinski definition) is 3. The molecule has 0 aromatic carbocycles. The molecule has 0 heterocycles. The molecule has 0 saturated carbocycles. The number of carbonyl (C=O) groups excluding carboxylic acids is 3. The number of alkyl halides is 3. The molecule has 0 aromatic rings. The molecule has 0 aliphatic carbocycles. The highest BCUT2D eigenvalue weighted by Gasteiger charge is 2.55. The maximum absolute atomic E-state index is 12.5. The Morgan fingerprint density at radius 3 is 1.61 bits per heavy atom. The number of hydrogen-bond acceptors (Lipinski definition) is 4. The minimum atomic E-state index is -5.04. The van der Waals surface area contributed by atoms with Crippen molar-refractivity contribution in [2.75, 3.05) is 13.1 Å². The van der Waals surface area contributed by atoms with Crippen LogP contribution < -0.4 is 17.2 Å². The van der Waals surface area contributed by atoms with Crippen LogP contribution in [0, 0.1) is 0 Å². The zero-order valence-electron chi connectivity index (χ0n) is 9.45. The van der Waals surface area contributed by atoms with E-state index in [9.17, 15) is 27.6 Å². The van der Waals surface area contributed by atoms with Crippen molar-refractivity contribution in [3.63, 3.8) is 0 Å². The molecule has 0 aliphatic rings. The van der Waals surface area contributed by atoms with Gasteiger partial charge in [-0.3, -0.25) is 14.4 Å². The van der Waals surface area contributed by atoms with E-state index >= 15 is 0 Å². The maximum Gasteiger partial charge on any atom is 0.415 e. The topological polar surface area (TPSA) is 133 Å². The Kier molecular flexibility index (Phi) is 4.68. The number of halogens is 3. The summed E-state index contributed by atoms with van der Waals surface area (Å²) < 4.78 is 37.5. The van der Waals surface area contributed by atoms with Crippen molar-refractivity contribution in [3.8, 4) is 0 Å². The molecule has 0 radical (unpaired) electrons. The van der Waals surface area contributed by atoms with E-state index in [4.69, 9.17) is 17.2 Å². The first kappa shape index (κ1) is 16.2. The van der Waals surface area contributed by atoms with Gasteiger partial charge in [0, 0.05) is 0 Å². The van der Waals surface area contributed by atoms with Gasteiger partial charge in [0.25, 0.3) is 5.91 Å². The molecular weight excluding hydrogens is 257 g/mol. The monoisotopic (exact) mass is 270 g/mol. The number of primary amides is 2. The van der Waals surface area contributed by atoms with Gasteiger partial charge in [0.15, 0.2) is 5.54 Å². The van der Waals surface area contributed by atoms with Gasteiger partial charge in [-0.05, 0) is 6.92 Å². The fourth-order valence-corrected chi connectivity index (χ4v) is 1.03. The molecule has 0 aliphatic heterocycles. The summed E-state index contributed by atoms with van der Waals surface area (Å²) >= 11 is 0. The lowest BCUT2D eigenvalue weighted by Gasteiger charge is -2.31. The predicted octanol–water partition coefficient (Wildman–Crippen LogP) is -1.93. The van der Waals surface area contributed by atoms with Crippen LogP contribution in [0.3, 0.4) is 0 Å². The van der Waals surface area contributed by atoms with Gasteiger partial charge in [0.05, 0.1) is 13.1 Å². The van der Waals surface area contributed by atoms with E-state index in [1.165, 1.54) is 0 Å². The Morgan fingerprint density at radius 1 is 1.06 bits per heavy atom. The van der Waals surface area contributed by atoms with Crippen LogP contribution in [0.4, 0.5) is 13.2 Å². The van der Waals surface area contributed by atoms with Crippen LogP contribution in [0.15, 0.2) is 0 Å². The second kappa shape index (κ2) is 5.21. The number of nitrogens with two attached hydrogens (primary N) is 3. The number of nitrogens with zero attached hydrogens (tertiary/aromatic N) is 1. The van der Waals surface area contributed by atoms with E-state index in [-0.39, 0.29) is 4.90 Å². The predicted molar refractivity (Wildman–Crippen MR) is 53.6 cm³/mol. The van der Waals surface area contributed by atoms with Crippen LogP contribution in [0.25, 0.3) is 0 Å². The Balaban J connectivity index is 5.18. The second-order valence-electron chi connectivity index (χ2n) is 3.79. The lowest BCUT2D eigenvalue weighted by atomic mass is 10.0. The van der Waals surface area contributed by atoms with Crippen LogP contribution in [-0.4, -0.2) is 47.4 Å². The first-order valence-electron chi connectivity index (χ1n) is 4.61. The summed E-state index contributed by atoms with van der Waals surface area (Å²) in [4.78, 5) is 33.1. The highest BCUT2D eigenvalue weighted by Crippen LogP contribution is 2.29. The fourth-order valence-electron chi connectivity index (χ4n) is 1.03. The first-order chi connectivity index (χ1) is 7.89. The van der Waals surface area contributed by atoms with Crippen molar-refractivity contribution < 1.29 is 27.6 Å². The van der Waals surface area contributed by atoms with Crippen LogP contribution in [0.2, 0.25) is 0 Å². The molecule has 10 heteroatoms. The lowest BCUT2D eigenvalue weighted by molar-refractivity contribution is -0.194. The van der Waals surface area contributed by atoms with Crippen molar-refractivity contribution in [3.05, 3.63) is 0 Å². The largest absolute Gasteiger partial charge is 0.415 e. The average molecular weight is 270 g/mol. The van der Waals surface area contributed by atoms with E-state index in [1.54, 1.807) is 0 Å². The third-order valence-corrected chi connectivity index (χ3v) is 2.01. The summed E-state index contributed by atoms with van der Waals surface area (Å²) in [5.74, 6) is -3.85. The molecule has 7 nitrogen and oxygen atoms in total. The molecule has 0 rings (SSSR count). The molecule has 0 spiro atoms. The van der Waals surface area contributed by atoms with Crippen LogP contribution in [0.1, 0.15) is 6.92 Å². The minimum absolute atomic E-state index is 0.262. The van der Waals surface area contributed by atoms with Gasteiger partial charge in [0.2, 0.25) is 11.8 Å². The van der Waals surface area contributed by atoms with Crippen LogP contribution >= 0.6 is 0 Å². The third kappa shape index (κ3) is 3.87. The summed E-state index contributed by atoms with van der Waals surface area (Å²) in [7, 11) is 0. The lowest BCUT2D eigenvalue weighted by Crippen LogP contribution is -2.63. The van der Waals surface area contributed by atoms with Crippen LogP contribution in [0.5, 0.6) is 0 Å². The summed E-state index contributed by atoms with van der Waals surface area (Å²) in [6.45, 7) is -1.35. The normalized spacial score (nSPS) is 14.7. The first-order valence-corrected chi connectivity index (χ1v) is 4.61. The quantitative estimate of drug-likeness (QED) is 0.536. The standard InChI is InChI=1S/C8H13F3N4O3/c1-7(14,8(9,10)11)6(18)15(2-4(12)16)3-5(13)17/h2-3,14H2,1H3,(H2,12,16)(H2,13,17). The summed E-state index contributed by atoms with van der Waals surface area (Å²) in [6, 6.07) is 0. The zero-order chi connectivity index (χ0) is 14.7. The molecule has 0 aromatic heterocycles. The SMILES string of the molecule is CC(N)(C(=O)N(CC(N)=O)CC(N)=O)C(F)(F)F. The molecule has 0 saturated heterocycles. The highest BCUT2D eigenvalue weighted by molar-refractivity contribution is 5.93. The number of carbonyl (C=O) groups is 3. The van der Waals surface area contributed by atoms with E-state index < -0.39 is 42.5 Å². The van der Waals surface area contributed by atoms with E-state index in [0.29, 0.717) is 6.92 Å². The van der Waals surface area contributed by atoms with E-state index in [1.807, 2.05) is 0 Å². The van der Waals surface area contributed by atoms with Gasteiger partial charge in [-0.1, -0.05) is 0 Å². The number of amides is 3. The Morgan fingerprint density at radius 2 is 1.39 bits per heavy atom. The van der Waals surface area contributed by atoms with E-state index in [2.05, 4.69) is 0 Å². The van der Waals surface area contributed by atoms with Crippen molar-refractivity contribution in [2.24, 2.45) is 17.2 Å². The van der Waals surface area contributed by atoms with Crippen LogP contribution in [-0.2, 0) is 14.4 Å². The van der Waals surface area contributed by atoms with Gasteiger partial charge >= 0.3 is 6.18 Å². The van der Waals surface area contributed by atoms with Gasteiger partial charge in [0.1, 0.15) is 0 Å². The summed E-state index contributed by atoms with van der Waals surface area (Å²) in [6.07, 6.45) is -5.04. The Bertz CT molecular complexity index is 351. The van der Waals surface area contributed by atoms with Crippen molar-refractivity contribution in [2.45, 2.75) is 18.6 Å². The molecule has 0 fully saturated rings. The average Bonchev–Trinajstić information content (AvgIpc) is 2.12. The highest BCUT2D eigenvalue weighted by atomic mass is 19.4. The number of rotatable bonds is 5. The fraction of sp³-hybridized carbons (Fsp3) is 0.625.